The van der Waals surface area contributed by atoms with Crippen molar-refractivity contribution < 1.29 is 17.6 Å². The third-order valence-corrected chi connectivity index (χ3v) is 7.90. The second-order valence-electron chi connectivity index (χ2n) is 6.76. The Labute approximate surface area is 172 Å². The van der Waals surface area contributed by atoms with Gasteiger partial charge in [-0.25, -0.2) is 17.8 Å². The minimum absolute atomic E-state index is 0.0563. The van der Waals surface area contributed by atoms with Crippen LogP contribution in [0.5, 0.6) is 0 Å². The van der Waals surface area contributed by atoms with Crippen LogP contribution in [0.15, 0.2) is 47.4 Å². The first kappa shape index (κ1) is 19.8. The molecule has 6 nitrogen and oxygen atoms in total. The van der Waals surface area contributed by atoms with Crippen molar-refractivity contribution in [3.8, 4) is 0 Å². The number of thiazole rings is 1. The average molecular weight is 434 g/mol. The van der Waals surface area contributed by atoms with E-state index in [1.54, 1.807) is 36.1 Å². The summed E-state index contributed by atoms with van der Waals surface area (Å²) in [4.78, 5) is 21.2. The summed E-state index contributed by atoms with van der Waals surface area (Å²) in [6, 6.07) is 11.2. The van der Waals surface area contributed by atoms with Gasteiger partial charge in [-0.2, -0.15) is 0 Å². The first-order valence-electron chi connectivity index (χ1n) is 9.32. The number of halogens is 1. The summed E-state index contributed by atoms with van der Waals surface area (Å²) in [5.41, 5.74) is 0.578. The zero-order chi connectivity index (χ0) is 20.6. The van der Waals surface area contributed by atoms with E-state index >= 15 is 0 Å². The van der Waals surface area contributed by atoms with Crippen molar-refractivity contribution >= 4 is 42.4 Å². The smallest absolute Gasteiger partial charge is 0.255 e. The fourth-order valence-electron chi connectivity index (χ4n) is 3.38. The van der Waals surface area contributed by atoms with Gasteiger partial charge in [0.1, 0.15) is 11.3 Å². The summed E-state index contributed by atoms with van der Waals surface area (Å²) >= 11 is 1.42. The number of para-hydroxylation sites is 1. The van der Waals surface area contributed by atoms with Gasteiger partial charge in [0.2, 0.25) is 0 Å². The lowest BCUT2D eigenvalue weighted by atomic mass is 10.2. The molecule has 152 valence electrons. The zero-order valence-corrected chi connectivity index (χ0v) is 17.5. The lowest BCUT2D eigenvalue weighted by Crippen LogP contribution is -2.49. The third kappa shape index (κ3) is 3.72. The Morgan fingerprint density at radius 3 is 2.52 bits per heavy atom. The summed E-state index contributed by atoms with van der Waals surface area (Å²) in [6.07, 6.45) is 0. The fourth-order valence-corrected chi connectivity index (χ4v) is 5.50. The molecule has 1 aliphatic rings. The normalized spacial score (nSPS) is 15.1. The molecule has 0 saturated carbocycles. The summed E-state index contributed by atoms with van der Waals surface area (Å²) < 4.78 is 39.4. The highest BCUT2D eigenvalue weighted by Crippen LogP contribution is 2.31. The van der Waals surface area contributed by atoms with Crippen molar-refractivity contribution in [1.29, 1.82) is 0 Å². The van der Waals surface area contributed by atoms with E-state index < -0.39 is 9.84 Å². The van der Waals surface area contributed by atoms with Crippen LogP contribution in [0.25, 0.3) is 10.2 Å². The topological polar surface area (TPSA) is 70.6 Å². The maximum atomic E-state index is 13.9. The SMILES string of the molecule is CCS(=O)(=O)c1ccccc1C(=O)N1CCN(c2nc3c(F)cccc3s2)CC1. The second kappa shape index (κ2) is 7.72. The van der Waals surface area contributed by atoms with Gasteiger partial charge in [0, 0.05) is 26.2 Å². The summed E-state index contributed by atoms with van der Waals surface area (Å²) in [5.74, 6) is -0.681. The molecule has 29 heavy (non-hydrogen) atoms. The molecule has 1 aromatic heterocycles. The van der Waals surface area contributed by atoms with Gasteiger partial charge in [-0.1, -0.05) is 36.5 Å². The van der Waals surface area contributed by atoms with Gasteiger partial charge in [-0.05, 0) is 24.3 Å². The number of anilines is 1. The van der Waals surface area contributed by atoms with Gasteiger partial charge in [-0.3, -0.25) is 4.79 Å². The second-order valence-corrected chi connectivity index (χ2v) is 10.0. The highest BCUT2D eigenvalue weighted by molar-refractivity contribution is 7.91. The Bertz CT molecular complexity index is 1170. The molecule has 0 N–H and O–H groups in total. The molecular weight excluding hydrogens is 413 g/mol. The molecule has 2 heterocycles. The summed E-state index contributed by atoms with van der Waals surface area (Å²) in [6.45, 7) is 3.55. The third-order valence-electron chi connectivity index (χ3n) is 5.03. The maximum absolute atomic E-state index is 13.9. The van der Waals surface area contributed by atoms with Crippen molar-refractivity contribution in [3.05, 3.63) is 53.8 Å². The summed E-state index contributed by atoms with van der Waals surface area (Å²) in [5, 5.41) is 0.728. The number of carbonyl (C=O) groups excluding carboxylic acids is 1. The highest BCUT2D eigenvalue weighted by atomic mass is 32.2. The Kier molecular flexibility index (Phi) is 5.26. The standard InChI is InChI=1S/C20H20FN3O3S2/c1-2-29(26,27)17-9-4-3-6-14(17)19(25)23-10-12-24(13-11-23)20-22-18-15(21)7-5-8-16(18)28-20/h3-9H,2,10-13H2,1H3. The minimum atomic E-state index is -3.49. The first-order chi connectivity index (χ1) is 13.9. The van der Waals surface area contributed by atoms with Crippen LogP contribution in [-0.4, -0.2) is 56.1 Å². The molecule has 0 atom stereocenters. The van der Waals surface area contributed by atoms with Crippen LogP contribution in [0, 0.1) is 5.82 Å². The summed E-state index contributed by atoms with van der Waals surface area (Å²) in [7, 11) is -3.49. The van der Waals surface area contributed by atoms with Crippen LogP contribution >= 0.6 is 11.3 Å². The Morgan fingerprint density at radius 1 is 1.10 bits per heavy atom. The predicted octanol–water partition coefficient (Wildman–Crippen LogP) is 3.19. The van der Waals surface area contributed by atoms with Gasteiger partial charge in [0.15, 0.2) is 15.0 Å². The van der Waals surface area contributed by atoms with Gasteiger partial charge in [0.05, 0.1) is 20.9 Å². The van der Waals surface area contributed by atoms with Crippen LogP contribution < -0.4 is 4.90 Å². The lowest BCUT2D eigenvalue weighted by Gasteiger charge is -2.34. The number of hydrogen-bond acceptors (Lipinski definition) is 6. The predicted molar refractivity (Wildman–Crippen MR) is 112 cm³/mol. The van der Waals surface area contributed by atoms with Gasteiger partial charge >= 0.3 is 0 Å². The van der Waals surface area contributed by atoms with Crippen molar-refractivity contribution in [3.63, 3.8) is 0 Å². The number of carbonyl (C=O) groups is 1. The largest absolute Gasteiger partial charge is 0.345 e. The van der Waals surface area contributed by atoms with Crippen molar-refractivity contribution in [1.82, 2.24) is 9.88 Å². The van der Waals surface area contributed by atoms with Crippen molar-refractivity contribution in [2.24, 2.45) is 0 Å². The van der Waals surface area contributed by atoms with E-state index in [0.29, 0.717) is 31.7 Å². The monoisotopic (exact) mass is 433 g/mol. The van der Waals surface area contributed by atoms with Crippen LogP contribution in [0.4, 0.5) is 9.52 Å². The molecule has 9 heteroatoms. The Hall–Kier alpha value is -2.52. The molecule has 0 bridgehead atoms. The number of benzene rings is 2. The fraction of sp³-hybridized carbons (Fsp3) is 0.300. The molecule has 1 fully saturated rings. The van der Waals surface area contributed by atoms with Gasteiger partial charge in [0.25, 0.3) is 5.91 Å². The molecule has 3 aromatic rings. The van der Waals surface area contributed by atoms with Crippen molar-refractivity contribution in [2.75, 3.05) is 36.8 Å². The number of hydrogen-bond donors (Lipinski definition) is 0. The number of sulfone groups is 1. The van der Waals surface area contributed by atoms with Crippen molar-refractivity contribution in [2.45, 2.75) is 11.8 Å². The van der Waals surface area contributed by atoms with E-state index in [1.807, 2.05) is 11.0 Å². The van der Waals surface area contributed by atoms with E-state index in [9.17, 15) is 17.6 Å². The van der Waals surface area contributed by atoms with E-state index in [-0.39, 0.29) is 27.9 Å². The number of amides is 1. The average Bonchev–Trinajstić information content (AvgIpc) is 3.19. The molecule has 1 saturated heterocycles. The lowest BCUT2D eigenvalue weighted by molar-refractivity contribution is 0.0743. The zero-order valence-electron chi connectivity index (χ0n) is 15.8. The molecule has 4 rings (SSSR count). The molecular formula is C20H20FN3O3S2. The van der Waals surface area contributed by atoms with Crippen LogP contribution in [0.3, 0.4) is 0 Å². The quantitative estimate of drug-likeness (QED) is 0.632. The minimum Gasteiger partial charge on any atom is -0.345 e. The van der Waals surface area contributed by atoms with Crippen LogP contribution in [-0.2, 0) is 9.84 Å². The number of piperazine rings is 1. The highest BCUT2D eigenvalue weighted by Gasteiger charge is 2.28. The first-order valence-corrected chi connectivity index (χ1v) is 11.8. The van der Waals surface area contributed by atoms with E-state index in [4.69, 9.17) is 0 Å². The van der Waals surface area contributed by atoms with E-state index in [2.05, 4.69) is 4.98 Å². The Morgan fingerprint density at radius 2 is 1.83 bits per heavy atom. The molecule has 0 spiro atoms. The number of nitrogens with zero attached hydrogens (tertiary/aromatic N) is 3. The number of aromatic nitrogens is 1. The molecule has 0 unspecified atom stereocenters. The molecule has 0 radical (unpaired) electrons. The van der Waals surface area contributed by atoms with Crippen LogP contribution in [0.2, 0.25) is 0 Å². The molecule has 1 amide bonds. The van der Waals surface area contributed by atoms with Gasteiger partial charge in [-0.15, -0.1) is 0 Å². The van der Waals surface area contributed by atoms with Gasteiger partial charge < -0.3 is 9.80 Å². The maximum Gasteiger partial charge on any atom is 0.255 e. The van der Waals surface area contributed by atoms with Crippen LogP contribution in [0.1, 0.15) is 17.3 Å². The number of fused-ring (bicyclic) bond motifs is 1. The van der Waals surface area contributed by atoms with E-state index in [1.165, 1.54) is 23.5 Å². The molecule has 1 aliphatic heterocycles. The Balaban J connectivity index is 1.51. The van der Waals surface area contributed by atoms with E-state index in [0.717, 1.165) is 9.83 Å². The molecule has 0 aliphatic carbocycles. The number of rotatable bonds is 4. The molecule has 2 aromatic carbocycles.